The van der Waals surface area contributed by atoms with E-state index < -0.39 is 5.97 Å². The van der Waals surface area contributed by atoms with Gasteiger partial charge in [0.2, 0.25) is 5.91 Å². The van der Waals surface area contributed by atoms with Crippen molar-refractivity contribution in [3.05, 3.63) is 53.6 Å². The van der Waals surface area contributed by atoms with Gasteiger partial charge in [-0.15, -0.1) is 0 Å². The Labute approximate surface area is 221 Å². The van der Waals surface area contributed by atoms with E-state index in [0.29, 0.717) is 29.2 Å². The lowest BCUT2D eigenvalue weighted by atomic mass is 10.1. The lowest BCUT2D eigenvalue weighted by Crippen LogP contribution is -2.16. The molecule has 1 amide bonds. The van der Waals surface area contributed by atoms with Gasteiger partial charge in [0.05, 0.1) is 26.0 Å². The predicted molar refractivity (Wildman–Crippen MR) is 148 cm³/mol. The van der Waals surface area contributed by atoms with Crippen LogP contribution in [0.1, 0.15) is 99.9 Å². The number of ether oxygens (including phenoxy) is 3. The minimum atomic E-state index is -0.503. The number of rotatable bonds is 18. The number of amides is 1. The van der Waals surface area contributed by atoms with Gasteiger partial charge in [-0.3, -0.25) is 4.79 Å². The van der Waals surface area contributed by atoms with Gasteiger partial charge in [-0.1, -0.05) is 71.1 Å². The van der Waals surface area contributed by atoms with Gasteiger partial charge < -0.3 is 14.2 Å². The summed E-state index contributed by atoms with van der Waals surface area (Å²) in [6.07, 6.45) is 15.9. The SMILES string of the molecule is CCCCCCCCCCCCCC(=O)N/N=C\c1ccc(OC(=O)c2ccc(OC)c(OC)c2)cc1. The smallest absolute Gasteiger partial charge is 0.343 e. The van der Waals surface area contributed by atoms with Crippen LogP contribution in [0.4, 0.5) is 0 Å². The van der Waals surface area contributed by atoms with Crippen molar-refractivity contribution in [3.63, 3.8) is 0 Å². The average Bonchev–Trinajstić information content (AvgIpc) is 2.92. The van der Waals surface area contributed by atoms with E-state index in [1.807, 2.05) is 0 Å². The number of carbonyl (C=O) groups is 2. The highest BCUT2D eigenvalue weighted by molar-refractivity contribution is 5.92. The zero-order valence-electron chi connectivity index (χ0n) is 22.6. The summed E-state index contributed by atoms with van der Waals surface area (Å²) in [6, 6.07) is 11.7. The van der Waals surface area contributed by atoms with Gasteiger partial charge >= 0.3 is 5.97 Å². The number of nitrogens with zero attached hydrogens (tertiary/aromatic N) is 1. The Kier molecular flexibility index (Phi) is 14.5. The van der Waals surface area contributed by atoms with Gasteiger partial charge in [-0.05, 0) is 54.4 Å². The first-order valence-electron chi connectivity index (χ1n) is 13.4. The lowest BCUT2D eigenvalue weighted by Gasteiger charge is -2.09. The van der Waals surface area contributed by atoms with Gasteiger partial charge in [0.1, 0.15) is 5.75 Å². The Balaban J connectivity index is 1.62. The fraction of sp³-hybridized carbons (Fsp3) is 0.500. The van der Waals surface area contributed by atoms with Crippen molar-refractivity contribution in [2.24, 2.45) is 5.10 Å². The lowest BCUT2D eigenvalue weighted by molar-refractivity contribution is -0.121. The van der Waals surface area contributed by atoms with Crippen molar-refractivity contribution in [1.29, 1.82) is 0 Å². The van der Waals surface area contributed by atoms with E-state index >= 15 is 0 Å². The highest BCUT2D eigenvalue weighted by Crippen LogP contribution is 2.28. The molecule has 0 unspecified atom stereocenters. The monoisotopic (exact) mass is 510 g/mol. The number of benzene rings is 2. The summed E-state index contributed by atoms with van der Waals surface area (Å²) in [7, 11) is 3.04. The largest absolute Gasteiger partial charge is 0.493 e. The van der Waals surface area contributed by atoms with E-state index in [1.54, 1.807) is 48.7 Å². The summed E-state index contributed by atoms with van der Waals surface area (Å²) in [5.74, 6) is 0.810. The molecule has 0 radical (unpaired) electrons. The Morgan fingerprint density at radius 2 is 1.38 bits per heavy atom. The molecule has 2 rings (SSSR count). The molecular weight excluding hydrogens is 468 g/mol. The molecule has 0 aliphatic heterocycles. The van der Waals surface area contributed by atoms with Crippen molar-refractivity contribution in [1.82, 2.24) is 5.43 Å². The first kappa shape index (κ1) is 29.9. The van der Waals surface area contributed by atoms with E-state index in [1.165, 1.54) is 72.0 Å². The maximum absolute atomic E-state index is 12.4. The molecule has 0 aromatic heterocycles. The zero-order valence-corrected chi connectivity index (χ0v) is 22.6. The molecule has 7 heteroatoms. The molecule has 0 aliphatic rings. The summed E-state index contributed by atoms with van der Waals surface area (Å²) in [5, 5.41) is 4.03. The van der Waals surface area contributed by atoms with Crippen LogP contribution in [0.15, 0.2) is 47.6 Å². The summed E-state index contributed by atoms with van der Waals surface area (Å²) >= 11 is 0. The van der Waals surface area contributed by atoms with E-state index in [-0.39, 0.29) is 5.91 Å². The number of nitrogens with one attached hydrogen (secondary N) is 1. The van der Waals surface area contributed by atoms with Crippen LogP contribution < -0.4 is 19.6 Å². The summed E-state index contributed by atoms with van der Waals surface area (Å²) in [6.45, 7) is 2.25. The minimum absolute atomic E-state index is 0.0763. The van der Waals surface area contributed by atoms with Crippen LogP contribution >= 0.6 is 0 Å². The molecule has 0 bridgehead atoms. The Hall–Kier alpha value is -3.35. The van der Waals surface area contributed by atoms with E-state index in [2.05, 4.69) is 17.5 Å². The van der Waals surface area contributed by atoms with Crippen molar-refractivity contribution >= 4 is 18.1 Å². The molecule has 7 nitrogen and oxygen atoms in total. The van der Waals surface area contributed by atoms with Crippen LogP contribution in [-0.4, -0.2) is 32.3 Å². The fourth-order valence-electron chi connectivity index (χ4n) is 3.94. The van der Waals surface area contributed by atoms with Crippen LogP contribution in [0.3, 0.4) is 0 Å². The molecule has 0 atom stereocenters. The fourth-order valence-corrected chi connectivity index (χ4v) is 3.94. The summed E-state index contributed by atoms with van der Waals surface area (Å²) in [5.41, 5.74) is 3.71. The second kappa shape index (κ2) is 18.0. The Bertz CT molecular complexity index is 972. The van der Waals surface area contributed by atoms with Crippen LogP contribution in [0.2, 0.25) is 0 Å². The van der Waals surface area contributed by atoms with Gasteiger partial charge in [-0.2, -0.15) is 5.10 Å². The normalized spacial score (nSPS) is 10.9. The minimum Gasteiger partial charge on any atom is -0.493 e. The van der Waals surface area contributed by atoms with Crippen molar-refractivity contribution in [3.8, 4) is 17.2 Å². The number of hydrogen-bond acceptors (Lipinski definition) is 6. The molecule has 1 N–H and O–H groups in total. The topological polar surface area (TPSA) is 86.2 Å². The molecule has 0 heterocycles. The van der Waals surface area contributed by atoms with E-state index in [4.69, 9.17) is 14.2 Å². The first-order valence-corrected chi connectivity index (χ1v) is 13.4. The van der Waals surface area contributed by atoms with Crippen LogP contribution in [0.5, 0.6) is 17.2 Å². The average molecular weight is 511 g/mol. The quantitative estimate of drug-likeness (QED) is 0.0762. The molecular formula is C30H42N2O5. The molecule has 2 aromatic rings. The molecule has 0 spiro atoms. The zero-order chi connectivity index (χ0) is 26.7. The number of unbranched alkanes of at least 4 members (excludes halogenated alkanes) is 10. The second-order valence-corrected chi connectivity index (χ2v) is 9.11. The highest BCUT2D eigenvalue weighted by atomic mass is 16.5. The maximum atomic E-state index is 12.4. The van der Waals surface area contributed by atoms with Gasteiger partial charge in [0.25, 0.3) is 0 Å². The third-order valence-electron chi connectivity index (χ3n) is 6.12. The van der Waals surface area contributed by atoms with Gasteiger partial charge in [-0.25, -0.2) is 10.2 Å². The summed E-state index contributed by atoms with van der Waals surface area (Å²) < 4.78 is 15.8. The first-order chi connectivity index (χ1) is 18.1. The molecule has 0 saturated carbocycles. The summed E-state index contributed by atoms with van der Waals surface area (Å²) in [4.78, 5) is 24.4. The van der Waals surface area contributed by atoms with Crippen LogP contribution in [-0.2, 0) is 4.79 Å². The highest BCUT2D eigenvalue weighted by Gasteiger charge is 2.13. The number of methoxy groups -OCH3 is 2. The van der Waals surface area contributed by atoms with Crippen LogP contribution in [0, 0.1) is 0 Å². The van der Waals surface area contributed by atoms with Gasteiger partial charge in [0.15, 0.2) is 11.5 Å². The molecule has 0 fully saturated rings. The van der Waals surface area contributed by atoms with Crippen molar-refractivity contribution in [2.75, 3.05) is 14.2 Å². The third kappa shape index (κ3) is 12.0. The van der Waals surface area contributed by atoms with Crippen molar-refractivity contribution < 1.29 is 23.8 Å². The molecule has 37 heavy (non-hydrogen) atoms. The standard InChI is InChI=1S/C30H42N2O5/c1-4-5-6-7-8-9-10-11-12-13-14-15-29(33)32-31-23-24-16-19-26(20-17-24)37-30(34)25-18-21-27(35-2)28(22-25)36-3/h16-23H,4-15H2,1-3H3,(H,32,33)/b31-23-. The number of hydrazone groups is 1. The van der Waals surface area contributed by atoms with Crippen molar-refractivity contribution in [2.45, 2.75) is 84.0 Å². The Morgan fingerprint density at radius 3 is 1.97 bits per heavy atom. The number of hydrogen-bond donors (Lipinski definition) is 1. The number of carbonyl (C=O) groups excluding carboxylic acids is 2. The van der Waals surface area contributed by atoms with E-state index in [0.717, 1.165) is 18.4 Å². The Morgan fingerprint density at radius 1 is 0.784 bits per heavy atom. The predicted octanol–water partition coefficient (Wildman–Crippen LogP) is 7.07. The van der Waals surface area contributed by atoms with Crippen LogP contribution in [0.25, 0.3) is 0 Å². The van der Waals surface area contributed by atoms with Gasteiger partial charge in [0, 0.05) is 6.42 Å². The molecule has 202 valence electrons. The van der Waals surface area contributed by atoms with E-state index in [9.17, 15) is 9.59 Å². The molecule has 2 aromatic carbocycles. The second-order valence-electron chi connectivity index (χ2n) is 9.11. The maximum Gasteiger partial charge on any atom is 0.343 e. The number of esters is 1. The molecule has 0 saturated heterocycles. The molecule has 0 aliphatic carbocycles. The third-order valence-corrected chi connectivity index (χ3v) is 6.12.